The first-order valence-electron chi connectivity index (χ1n) is 19.7. The summed E-state index contributed by atoms with van der Waals surface area (Å²) in [6, 6.07) is 15.8. The predicted molar refractivity (Wildman–Crippen MR) is 210 cm³/mol. The summed E-state index contributed by atoms with van der Waals surface area (Å²) in [5.74, 6) is 1.45. The SMILES string of the molecule is COC(=O)NC1CCC(C(=O)N2CCC[C@H]2c2ncc(-c3ccc(-c4ccc(-c5cnc([C@@H]6CCCN6C(=O)[C@@H](NC(=O)OC)C(C)C)[nH]5)cc4)cc3)[nH]2)CC1. The maximum atomic E-state index is 13.6. The minimum absolute atomic E-state index is 0.0405. The smallest absolute Gasteiger partial charge is 0.407 e. The van der Waals surface area contributed by atoms with Gasteiger partial charge >= 0.3 is 12.2 Å². The van der Waals surface area contributed by atoms with Gasteiger partial charge in [-0.3, -0.25) is 9.59 Å². The van der Waals surface area contributed by atoms with Crippen LogP contribution in [0.1, 0.15) is 88.9 Å². The van der Waals surface area contributed by atoms with Gasteiger partial charge in [0.2, 0.25) is 11.8 Å². The van der Waals surface area contributed by atoms with E-state index in [9.17, 15) is 19.2 Å². The van der Waals surface area contributed by atoms with Crippen molar-refractivity contribution in [2.45, 2.75) is 89.4 Å². The highest BCUT2D eigenvalue weighted by Gasteiger charge is 2.39. The van der Waals surface area contributed by atoms with Crippen LogP contribution in [0.5, 0.6) is 0 Å². The van der Waals surface area contributed by atoms with Gasteiger partial charge in [-0.15, -0.1) is 0 Å². The summed E-state index contributed by atoms with van der Waals surface area (Å²) in [5, 5.41) is 5.57. The number of benzene rings is 2. The topological polar surface area (TPSA) is 175 Å². The Morgan fingerprint density at radius 2 is 1.16 bits per heavy atom. The van der Waals surface area contributed by atoms with Crippen LogP contribution in [0.4, 0.5) is 9.59 Å². The number of nitrogens with one attached hydrogen (secondary N) is 4. The molecule has 4 N–H and O–H groups in total. The summed E-state index contributed by atoms with van der Waals surface area (Å²) in [5.41, 5.74) is 5.93. The van der Waals surface area contributed by atoms with E-state index in [1.807, 2.05) is 36.0 Å². The maximum Gasteiger partial charge on any atom is 0.407 e. The average Bonchev–Trinajstić information content (AvgIpc) is 4.07. The van der Waals surface area contributed by atoms with Crippen molar-refractivity contribution in [1.82, 2.24) is 40.4 Å². The van der Waals surface area contributed by atoms with Crippen molar-refractivity contribution in [3.63, 3.8) is 0 Å². The Bertz CT molecular complexity index is 2000. The fourth-order valence-electron chi connectivity index (χ4n) is 8.44. The van der Waals surface area contributed by atoms with E-state index in [-0.39, 0.29) is 41.8 Å². The molecule has 2 aliphatic heterocycles. The third kappa shape index (κ3) is 8.29. The van der Waals surface area contributed by atoms with Gasteiger partial charge in [-0.2, -0.15) is 0 Å². The lowest BCUT2D eigenvalue weighted by Crippen LogP contribution is -2.51. The molecule has 3 fully saturated rings. The van der Waals surface area contributed by atoms with Crippen LogP contribution < -0.4 is 10.6 Å². The Labute approximate surface area is 327 Å². The lowest BCUT2D eigenvalue weighted by Gasteiger charge is -2.32. The van der Waals surface area contributed by atoms with Crippen LogP contribution >= 0.6 is 0 Å². The molecule has 56 heavy (non-hydrogen) atoms. The number of nitrogens with zero attached hydrogens (tertiary/aromatic N) is 4. The molecule has 2 saturated heterocycles. The molecule has 1 aliphatic carbocycles. The van der Waals surface area contributed by atoms with Crippen LogP contribution in [-0.2, 0) is 19.1 Å². The number of carbonyl (C=O) groups is 4. The van der Waals surface area contributed by atoms with Crippen molar-refractivity contribution < 1.29 is 28.7 Å². The van der Waals surface area contributed by atoms with E-state index in [0.717, 1.165) is 103 Å². The van der Waals surface area contributed by atoms with E-state index >= 15 is 0 Å². The Morgan fingerprint density at radius 3 is 1.66 bits per heavy atom. The number of hydrogen-bond acceptors (Lipinski definition) is 8. The number of likely N-dealkylation sites (tertiary alicyclic amines) is 2. The zero-order valence-corrected chi connectivity index (χ0v) is 32.5. The molecular weight excluding hydrogens is 713 g/mol. The minimum atomic E-state index is -0.683. The van der Waals surface area contributed by atoms with Gasteiger partial charge in [0, 0.05) is 25.0 Å². The number of ether oxygens (including phenoxy) is 2. The highest BCUT2D eigenvalue weighted by Crippen LogP contribution is 2.37. The molecule has 0 bridgehead atoms. The summed E-state index contributed by atoms with van der Waals surface area (Å²) in [7, 11) is 2.66. The summed E-state index contributed by atoms with van der Waals surface area (Å²) in [6.45, 7) is 5.13. The van der Waals surface area contributed by atoms with Gasteiger partial charge < -0.3 is 39.9 Å². The van der Waals surface area contributed by atoms with Crippen LogP contribution in [0.15, 0.2) is 60.9 Å². The van der Waals surface area contributed by atoms with Gasteiger partial charge in [-0.25, -0.2) is 19.6 Å². The maximum absolute atomic E-state index is 13.6. The van der Waals surface area contributed by atoms with Crippen LogP contribution in [0.25, 0.3) is 33.6 Å². The van der Waals surface area contributed by atoms with Crippen molar-refractivity contribution in [2.24, 2.45) is 11.8 Å². The molecule has 4 heterocycles. The first-order valence-corrected chi connectivity index (χ1v) is 19.7. The third-order valence-electron chi connectivity index (χ3n) is 11.6. The summed E-state index contributed by atoms with van der Waals surface area (Å²) in [4.78, 5) is 70.9. The summed E-state index contributed by atoms with van der Waals surface area (Å²) in [6.07, 6.45) is 9.12. The largest absolute Gasteiger partial charge is 0.453 e. The van der Waals surface area contributed by atoms with Crippen molar-refractivity contribution in [3.05, 3.63) is 72.6 Å². The van der Waals surface area contributed by atoms with Crippen molar-refractivity contribution in [1.29, 1.82) is 0 Å². The van der Waals surface area contributed by atoms with E-state index < -0.39 is 18.2 Å². The van der Waals surface area contributed by atoms with E-state index in [0.29, 0.717) is 6.54 Å². The van der Waals surface area contributed by atoms with Gasteiger partial charge in [0.1, 0.15) is 17.7 Å². The van der Waals surface area contributed by atoms with Crippen molar-refractivity contribution >= 4 is 24.0 Å². The summed E-state index contributed by atoms with van der Waals surface area (Å²) >= 11 is 0. The average molecular weight is 765 g/mol. The molecule has 2 aromatic heterocycles. The van der Waals surface area contributed by atoms with Gasteiger partial charge in [-0.1, -0.05) is 62.4 Å². The second-order valence-corrected chi connectivity index (χ2v) is 15.4. The lowest BCUT2D eigenvalue weighted by molar-refractivity contribution is -0.138. The Morgan fingerprint density at radius 1 is 0.679 bits per heavy atom. The predicted octanol–water partition coefficient (Wildman–Crippen LogP) is 6.76. The Kier molecular flexibility index (Phi) is 11.7. The molecule has 14 heteroatoms. The number of hydrogen-bond donors (Lipinski definition) is 4. The van der Waals surface area contributed by atoms with Crippen LogP contribution in [0.3, 0.4) is 0 Å². The zero-order chi connectivity index (χ0) is 39.3. The Hall–Kier alpha value is -5.66. The van der Waals surface area contributed by atoms with E-state index in [1.165, 1.54) is 14.2 Å². The number of imidazole rings is 2. The first kappa shape index (κ1) is 38.6. The fraction of sp³-hybridized carbons (Fsp3) is 0.476. The number of amides is 4. The molecule has 14 nitrogen and oxygen atoms in total. The van der Waals surface area contributed by atoms with Crippen molar-refractivity contribution in [3.8, 4) is 33.6 Å². The molecule has 0 radical (unpaired) electrons. The molecule has 0 unspecified atom stereocenters. The third-order valence-corrected chi connectivity index (χ3v) is 11.6. The number of carbonyl (C=O) groups excluding carboxylic acids is 4. The second-order valence-electron chi connectivity index (χ2n) is 15.4. The highest BCUT2D eigenvalue weighted by molar-refractivity contribution is 5.86. The van der Waals surface area contributed by atoms with Gasteiger partial charge in [-0.05, 0) is 79.5 Å². The van der Waals surface area contributed by atoms with Crippen LogP contribution in [-0.4, -0.2) is 93.1 Å². The molecule has 4 amide bonds. The van der Waals surface area contributed by atoms with Crippen LogP contribution in [0.2, 0.25) is 0 Å². The summed E-state index contributed by atoms with van der Waals surface area (Å²) < 4.78 is 9.49. The van der Waals surface area contributed by atoms with Gasteiger partial charge in [0.15, 0.2) is 0 Å². The molecule has 1 saturated carbocycles. The molecule has 2 aromatic carbocycles. The number of aromatic amines is 2. The molecule has 4 aromatic rings. The Balaban J connectivity index is 0.966. The molecule has 3 atom stereocenters. The standard InChI is InChI=1S/C42H52N8O6/c1-25(2)36(48-42(54)56-4)40(52)50-22-6-8-35(50)38-44-24-33(47-38)29-15-11-27(12-16-29)26-9-13-28(14-10-26)32-23-43-37(46-32)34-7-5-21-49(34)39(51)30-17-19-31(20-18-30)45-41(53)55-3/h9-16,23-25,30-31,34-36H,5-8,17-22H2,1-4H3,(H,43,46)(H,44,47)(H,45,53)(H,48,54)/t30?,31?,34-,35-,36-/m0/s1. The first-order chi connectivity index (χ1) is 27.1. The number of rotatable bonds is 10. The quantitative estimate of drug-likeness (QED) is 0.137. The van der Waals surface area contributed by atoms with Crippen molar-refractivity contribution in [2.75, 3.05) is 27.3 Å². The van der Waals surface area contributed by atoms with Crippen LogP contribution in [0, 0.1) is 11.8 Å². The number of methoxy groups -OCH3 is 2. The lowest BCUT2D eigenvalue weighted by atomic mass is 9.85. The fourth-order valence-corrected chi connectivity index (χ4v) is 8.44. The van der Waals surface area contributed by atoms with Gasteiger partial charge in [0.25, 0.3) is 0 Å². The molecule has 296 valence electrons. The normalized spacial score (nSPS) is 21.5. The monoisotopic (exact) mass is 764 g/mol. The number of alkyl carbamates (subject to hydrolysis) is 2. The molecular formula is C42H52N8O6. The second kappa shape index (κ2) is 17.0. The van der Waals surface area contributed by atoms with E-state index in [4.69, 9.17) is 14.5 Å². The zero-order valence-electron chi connectivity index (χ0n) is 32.5. The molecule has 0 spiro atoms. The van der Waals surface area contributed by atoms with E-state index in [2.05, 4.69) is 74.1 Å². The molecule has 3 aliphatic rings. The molecule has 7 rings (SSSR count). The van der Waals surface area contributed by atoms with E-state index in [1.54, 1.807) is 0 Å². The highest BCUT2D eigenvalue weighted by atomic mass is 16.5. The number of H-pyrrole nitrogens is 2. The number of aromatic nitrogens is 4. The minimum Gasteiger partial charge on any atom is -0.453 e. The van der Waals surface area contributed by atoms with Gasteiger partial charge in [0.05, 0.1) is 50.1 Å².